The van der Waals surface area contributed by atoms with Gasteiger partial charge in [0.15, 0.2) is 0 Å². The fourth-order valence-corrected chi connectivity index (χ4v) is 9.17. The third-order valence-electron chi connectivity index (χ3n) is 8.18. The Labute approximate surface area is 192 Å². The highest BCUT2D eigenvalue weighted by molar-refractivity contribution is 9.10. The van der Waals surface area contributed by atoms with Crippen LogP contribution in [0.15, 0.2) is 33.6 Å². The van der Waals surface area contributed by atoms with E-state index in [2.05, 4.69) is 26.0 Å². The molecular weight excluding hydrogens is 480 g/mol. The molecule has 6 rings (SSSR count). The van der Waals surface area contributed by atoms with Crippen molar-refractivity contribution in [2.75, 3.05) is 0 Å². The van der Waals surface area contributed by atoms with Crippen molar-refractivity contribution in [1.82, 2.24) is 10.0 Å². The van der Waals surface area contributed by atoms with Gasteiger partial charge in [-0.2, -0.15) is 0 Å². The summed E-state index contributed by atoms with van der Waals surface area (Å²) in [6, 6.07) is 6.83. The molecule has 31 heavy (non-hydrogen) atoms. The molecule has 0 aromatic heterocycles. The van der Waals surface area contributed by atoms with Gasteiger partial charge < -0.3 is 5.32 Å². The van der Waals surface area contributed by atoms with Crippen molar-refractivity contribution in [2.24, 2.45) is 23.2 Å². The molecule has 4 bridgehead atoms. The summed E-state index contributed by atoms with van der Waals surface area (Å²) >= 11 is 3.30. The maximum atomic E-state index is 13.0. The number of hydrogen-bond donors (Lipinski definition) is 2. The number of ketones is 1. The second-order valence-corrected chi connectivity index (χ2v) is 12.9. The van der Waals surface area contributed by atoms with E-state index in [1.807, 2.05) is 0 Å². The molecule has 0 radical (unpaired) electrons. The SMILES string of the molecule is CC(=O)C12CC3CC(C1)C(NC(=O)CC1(NS(=O)(=O)c4ccccc4Br)CC1)C(C3)C2. The zero-order chi connectivity index (χ0) is 22.0. The van der Waals surface area contributed by atoms with E-state index in [0.29, 0.717) is 40.9 Å². The largest absolute Gasteiger partial charge is 0.353 e. The molecule has 1 aromatic carbocycles. The summed E-state index contributed by atoms with van der Waals surface area (Å²) < 4.78 is 29.1. The topological polar surface area (TPSA) is 92.3 Å². The summed E-state index contributed by atoms with van der Waals surface area (Å²) in [5.41, 5.74) is -0.848. The fraction of sp³-hybridized carbons (Fsp3) is 0.652. The molecule has 0 heterocycles. The summed E-state index contributed by atoms with van der Waals surface area (Å²) in [4.78, 5) is 25.5. The molecule has 168 valence electrons. The summed E-state index contributed by atoms with van der Waals surface area (Å²) in [5.74, 6) is 1.58. The van der Waals surface area contributed by atoms with Crippen LogP contribution in [0.3, 0.4) is 0 Å². The number of Topliss-reactive ketones (excluding diaryl/α,β-unsaturated/α-hetero) is 1. The van der Waals surface area contributed by atoms with E-state index in [0.717, 1.165) is 32.1 Å². The van der Waals surface area contributed by atoms with Crippen LogP contribution in [0, 0.1) is 23.2 Å². The molecular formula is C23H29BrN2O4S. The monoisotopic (exact) mass is 508 g/mol. The lowest BCUT2D eigenvalue weighted by Crippen LogP contribution is -2.61. The van der Waals surface area contributed by atoms with Crippen molar-refractivity contribution in [3.63, 3.8) is 0 Å². The smallest absolute Gasteiger partial charge is 0.242 e. The first kappa shape index (κ1) is 21.6. The Morgan fingerprint density at radius 1 is 1.10 bits per heavy atom. The van der Waals surface area contributed by atoms with Crippen molar-refractivity contribution in [2.45, 2.75) is 74.8 Å². The van der Waals surface area contributed by atoms with Gasteiger partial charge in [0.1, 0.15) is 5.78 Å². The number of carbonyl (C=O) groups excluding carboxylic acids is 2. The van der Waals surface area contributed by atoms with Gasteiger partial charge in [-0.05, 0) is 97.7 Å². The Balaban J connectivity index is 1.25. The van der Waals surface area contributed by atoms with Gasteiger partial charge in [-0.3, -0.25) is 9.59 Å². The van der Waals surface area contributed by atoms with Crippen LogP contribution < -0.4 is 10.0 Å². The van der Waals surface area contributed by atoms with Gasteiger partial charge in [0.25, 0.3) is 0 Å². The number of benzene rings is 1. The van der Waals surface area contributed by atoms with Gasteiger partial charge in [-0.15, -0.1) is 0 Å². The first-order valence-corrected chi connectivity index (χ1v) is 13.5. The van der Waals surface area contributed by atoms with E-state index in [-0.39, 0.29) is 28.7 Å². The van der Waals surface area contributed by atoms with Gasteiger partial charge in [-0.25, -0.2) is 13.1 Å². The molecule has 5 aliphatic carbocycles. The van der Waals surface area contributed by atoms with E-state index in [1.165, 1.54) is 0 Å². The average molecular weight is 509 g/mol. The van der Waals surface area contributed by atoms with E-state index < -0.39 is 15.6 Å². The molecule has 0 spiro atoms. The molecule has 5 fully saturated rings. The van der Waals surface area contributed by atoms with Crippen molar-refractivity contribution < 1.29 is 18.0 Å². The highest BCUT2D eigenvalue weighted by Gasteiger charge is 2.58. The van der Waals surface area contributed by atoms with E-state index in [1.54, 1.807) is 31.2 Å². The normalized spacial score (nSPS) is 35.0. The van der Waals surface area contributed by atoms with Gasteiger partial charge in [0, 0.05) is 27.9 Å². The molecule has 0 saturated heterocycles. The molecule has 2 atom stereocenters. The van der Waals surface area contributed by atoms with Crippen LogP contribution in [0.5, 0.6) is 0 Å². The van der Waals surface area contributed by atoms with Gasteiger partial charge in [-0.1, -0.05) is 12.1 Å². The minimum Gasteiger partial charge on any atom is -0.353 e. The van der Waals surface area contributed by atoms with Gasteiger partial charge >= 0.3 is 0 Å². The lowest BCUT2D eigenvalue weighted by atomic mass is 9.47. The standard InChI is InChI=1S/C23H29BrN2O4S/c1-14(27)22-10-15-8-16(11-22)21(17(9-15)12-22)25-20(28)13-23(6-7-23)26-31(29,30)19-5-3-2-4-18(19)24/h2-5,15-17,21,26H,6-13H2,1H3,(H,25,28). The first-order chi connectivity index (χ1) is 14.6. The minimum atomic E-state index is -3.71. The summed E-state index contributed by atoms with van der Waals surface area (Å²) in [5, 5.41) is 3.26. The number of rotatable bonds is 7. The second kappa shape index (κ2) is 7.39. The van der Waals surface area contributed by atoms with E-state index in [4.69, 9.17) is 0 Å². The highest BCUT2D eigenvalue weighted by atomic mass is 79.9. The van der Waals surface area contributed by atoms with E-state index in [9.17, 15) is 18.0 Å². The quantitative estimate of drug-likeness (QED) is 0.588. The molecule has 1 aromatic rings. The van der Waals surface area contributed by atoms with Crippen LogP contribution >= 0.6 is 15.9 Å². The Bertz CT molecular complexity index is 1020. The third kappa shape index (κ3) is 3.89. The predicted molar refractivity (Wildman–Crippen MR) is 120 cm³/mol. The minimum absolute atomic E-state index is 0.0818. The summed E-state index contributed by atoms with van der Waals surface area (Å²) in [6.07, 6.45) is 6.48. The van der Waals surface area contributed by atoms with Crippen LogP contribution in [0.2, 0.25) is 0 Å². The maximum Gasteiger partial charge on any atom is 0.242 e. The average Bonchev–Trinajstić information content (AvgIpc) is 3.42. The van der Waals surface area contributed by atoms with Crippen molar-refractivity contribution >= 4 is 37.6 Å². The van der Waals surface area contributed by atoms with E-state index >= 15 is 0 Å². The molecule has 5 saturated carbocycles. The van der Waals surface area contributed by atoms with Crippen LogP contribution in [0.1, 0.15) is 58.3 Å². The number of sulfonamides is 1. The molecule has 8 heteroatoms. The fourth-order valence-electron chi connectivity index (χ4n) is 6.70. The summed E-state index contributed by atoms with van der Waals surface area (Å²) in [7, 11) is -3.71. The number of halogens is 1. The molecule has 5 aliphatic rings. The molecule has 0 aliphatic heterocycles. The Kier molecular flexibility index (Phi) is 5.14. The lowest BCUT2D eigenvalue weighted by molar-refractivity contribution is -0.146. The highest BCUT2D eigenvalue weighted by Crippen LogP contribution is 2.60. The Hall–Kier alpha value is -1.25. The second-order valence-electron chi connectivity index (χ2n) is 10.4. The first-order valence-electron chi connectivity index (χ1n) is 11.2. The number of nitrogens with one attached hydrogen (secondary N) is 2. The zero-order valence-corrected chi connectivity index (χ0v) is 20.1. The third-order valence-corrected chi connectivity index (χ3v) is 10.8. The Morgan fingerprint density at radius 3 is 2.32 bits per heavy atom. The Morgan fingerprint density at radius 2 is 1.74 bits per heavy atom. The summed E-state index contributed by atoms with van der Waals surface area (Å²) in [6.45, 7) is 1.73. The van der Waals surface area contributed by atoms with Crippen LogP contribution in [0.4, 0.5) is 0 Å². The molecule has 2 unspecified atom stereocenters. The van der Waals surface area contributed by atoms with Crippen molar-refractivity contribution in [3.05, 3.63) is 28.7 Å². The molecule has 2 N–H and O–H groups in total. The lowest BCUT2D eigenvalue weighted by Gasteiger charge is -2.59. The number of amides is 1. The molecule has 1 amide bonds. The predicted octanol–water partition coefficient (Wildman–Crippen LogP) is 3.55. The van der Waals surface area contributed by atoms with Crippen molar-refractivity contribution in [1.29, 1.82) is 0 Å². The zero-order valence-electron chi connectivity index (χ0n) is 17.7. The van der Waals surface area contributed by atoms with Crippen LogP contribution in [-0.2, 0) is 19.6 Å². The molecule has 6 nitrogen and oxygen atoms in total. The maximum absolute atomic E-state index is 13.0. The van der Waals surface area contributed by atoms with Gasteiger partial charge in [0.2, 0.25) is 15.9 Å². The number of hydrogen-bond acceptors (Lipinski definition) is 4. The van der Waals surface area contributed by atoms with Crippen LogP contribution in [-0.4, -0.2) is 31.7 Å². The van der Waals surface area contributed by atoms with Crippen LogP contribution in [0.25, 0.3) is 0 Å². The number of carbonyl (C=O) groups is 2. The van der Waals surface area contributed by atoms with Gasteiger partial charge in [0.05, 0.1) is 4.90 Å². The van der Waals surface area contributed by atoms with Crippen molar-refractivity contribution in [3.8, 4) is 0 Å².